The van der Waals surface area contributed by atoms with Gasteiger partial charge in [0.25, 0.3) is 0 Å². The van der Waals surface area contributed by atoms with Crippen molar-refractivity contribution in [1.82, 2.24) is 10.2 Å². The summed E-state index contributed by atoms with van der Waals surface area (Å²) in [5.41, 5.74) is 0.420. The average Bonchev–Trinajstić information content (AvgIpc) is 3.31. The Hall–Kier alpha value is -1.69. The van der Waals surface area contributed by atoms with E-state index in [9.17, 15) is 14.7 Å². The first-order valence-corrected chi connectivity index (χ1v) is 12.5. The van der Waals surface area contributed by atoms with Crippen LogP contribution in [-0.2, 0) is 14.3 Å². The Morgan fingerprint density at radius 2 is 2.09 bits per heavy atom. The minimum Gasteiger partial charge on any atom is -0.482 e. The summed E-state index contributed by atoms with van der Waals surface area (Å²) in [4.78, 5) is 27.7. The maximum Gasteiger partial charge on any atom is 0.247 e. The van der Waals surface area contributed by atoms with E-state index in [1.807, 2.05) is 32.0 Å². The van der Waals surface area contributed by atoms with Gasteiger partial charge in [-0.15, -0.1) is 0 Å². The molecule has 2 amide bonds. The predicted molar refractivity (Wildman–Crippen MR) is 132 cm³/mol. The quantitative estimate of drug-likeness (QED) is 0.390. The van der Waals surface area contributed by atoms with Crippen LogP contribution in [0.3, 0.4) is 0 Å². The highest BCUT2D eigenvalue weighted by atomic mass is 127. The highest BCUT2D eigenvalue weighted by Gasteiger charge is 2.42. The highest BCUT2D eigenvalue weighted by Crippen LogP contribution is 2.31. The average molecular weight is 572 g/mol. The van der Waals surface area contributed by atoms with Gasteiger partial charge in [0.2, 0.25) is 11.8 Å². The largest absolute Gasteiger partial charge is 0.482 e. The van der Waals surface area contributed by atoms with E-state index in [-0.39, 0.29) is 43.4 Å². The summed E-state index contributed by atoms with van der Waals surface area (Å²) in [5, 5.41) is 23.1. The topological polar surface area (TPSA) is 108 Å². The second kappa shape index (κ2) is 12.1. The van der Waals surface area contributed by atoms with E-state index in [2.05, 4.69) is 27.9 Å². The first-order chi connectivity index (χ1) is 15.8. The third-order valence-corrected chi connectivity index (χ3v) is 6.81. The van der Waals surface area contributed by atoms with Crippen molar-refractivity contribution in [2.45, 2.75) is 57.5 Å². The molecule has 4 atom stereocenters. The summed E-state index contributed by atoms with van der Waals surface area (Å²) in [6, 6.07) is 6.79. The zero-order valence-electron chi connectivity index (χ0n) is 19.1. The molecule has 3 rings (SSSR count). The Labute approximate surface area is 208 Å². The number of nitrogens with one attached hydrogen (secondary N) is 1. The number of aliphatic hydroxyl groups is 2. The fourth-order valence-electron chi connectivity index (χ4n) is 4.19. The number of benzene rings is 1. The maximum atomic E-state index is 13.2. The standard InChI is InChI=1S/C24H33IN2O6/c1-15(2)24(31)27(14-17-6-5-11-32-17)19-12-16(23(30)26-9-10-28)13-21(22(19)29)33-20-8-4-3-7-18(20)25/h3-4,7-8,13,15,17,19,21-22,28-29H,5-6,9-12,14H2,1-2H3,(H,26,30)/t17-,19-,21+,22+/m1/s1. The Kier molecular flexibility index (Phi) is 9.54. The van der Waals surface area contributed by atoms with Gasteiger partial charge in [-0.3, -0.25) is 9.59 Å². The third-order valence-electron chi connectivity index (χ3n) is 5.92. The van der Waals surface area contributed by atoms with Crippen molar-refractivity contribution in [3.63, 3.8) is 0 Å². The molecule has 0 bridgehead atoms. The number of para-hydroxylation sites is 1. The summed E-state index contributed by atoms with van der Waals surface area (Å²) in [6.45, 7) is 4.62. The summed E-state index contributed by atoms with van der Waals surface area (Å²) < 4.78 is 12.8. The highest BCUT2D eigenvalue weighted by molar-refractivity contribution is 14.1. The molecule has 8 nitrogen and oxygen atoms in total. The lowest BCUT2D eigenvalue weighted by Gasteiger charge is -2.42. The molecule has 1 aliphatic carbocycles. The maximum absolute atomic E-state index is 13.2. The van der Waals surface area contributed by atoms with Gasteiger partial charge in [-0.05, 0) is 53.6 Å². The van der Waals surface area contributed by atoms with Gasteiger partial charge in [-0.2, -0.15) is 0 Å². The van der Waals surface area contributed by atoms with Gasteiger partial charge in [-0.1, -0.05) is 26.0 Å². The van der Waals surface area contributed by atoms with Crippen molar-refractivity contribution in [3.8, 4) is 5.75 Å². The summed E-state index contributed by atoms with van der Waals surface area (Å²) in [6.07, 6.45) is 1.67. The molecule has 1 aromatic carbocycles. The molecule has 1 fully saturated rings. The molecular formula is C24H33IN2O6. The van der Waals surface area contributed by atoms with Crippen molar-refractivity contribution < 1.29 is 29.3 Å². The lowest BCUT2D eigenvalue weighted by molar-refractivity contribution is -0.144. The summed E-state index contributed by atoms with van der Waals surface area (Å²) in [7, 11) is 0. The van der Waals surface area contributed by atoms with Crippen LogP contribution < -0.4 is 10.1 Å². The van der Waals surface area contributed by atoms with Gasteiger partial charge in [0.1, 0.15) is 18.0 Å². The molecule has 0 saturated carbocycles. The first kappa shape index (κ1) is 25.9. The van der Waals surface area contributed by atoms with E-state index in [0.29, 0.717) is 24.5 Å². The summed E-state index contributed by atoms with van der Waals surface area (Å²) in [5.74, 6) is -0.119. The summed E-state index contributed by atoms with van der Waals surface area (Å²) >= 11 is 2.16. The number of rotatable bonds is 9. The number of aliphatic hydroxyl groups excluding tert-OH is 2. The van der Waals surface area contributed by atoms with E-state index in [1.54, 1.807) is 17.0 Å². The minimum atomic E-state index is -1.03. The molecule has 3 N–H and O–H groups in total. The van der Waals surface area contributed by atoms with Crippen LogP contribution in [-0.4, -0.2) is 77.6 Å². The van der Waals surface area contributed by atoms with Crippen molar-refractivity contribution >= 4 is 34.4 Å². The van der Waals surface area contributed by atoms with Crippen LogP contribution in [0.5, 0.6) is 5.75 Å². The van der Waals surface area contributed by atoms with E-state index in [4.69, 9.17) is 14.6 Å². The van der Waals surface area contributed by atoms with Gasteiger partial charge in [-0.25, -0.2) is 0 Å². The SMILES string of the molecule is CC(C)C(=O)N(C[C@H]1CCCO1)[C@@H]1CC(C(=O)NCCO)=C[C@H](Oc2ccccc2I)[C@H]1O. The van der Waals surface area contributed by atoms with E-state index in [1.165, 1.54) is 0 Å². The lowest BCUT2D eigenvalue weighted by atomic mass is 9.87. The number of ether oxygens (including phenoxy) is 2. The molecule has 2 aliphatic rings. The van der Waals surface area contributed by atoms with Crippen LogP contribution >= 0.6 is 22.6 Å². The molecule has 1 aliphatic heterocycles. The first-order valence-electron chi connectivity index (χ1n) is 11.4. The Morgan fingerprint density at radius 1 is 1.33 bits per heavy atom. The third kappa shape index (κ3) is 6.68. The van der Waals surface area contributed by atoms with Gasteiger partial charge < -0.3 is 29.9 Å². The molecule has 0 radical (unpaired) electrons. The van der Waals surface area contributed by atoms with E-state index < -0.39 is 18.2 Å². The van der Waals surface area contributed by atoms with Crippen molar-refractivity contribution in [2.75, 3.05) is 26.3 Å². The van der Waals surface area contributed by atoms with Crippen LogP contribution in [0.1, 0.15) is 33.1 Å². The zero-order valence-corrected chi connectivity index (χ0v) is 21.2. The molecule has 9 heteroatoms. The van der Waals surface area contributed by atoms with Gasteiger partial charge in [0, 0.05) is 37.6 Å². The number of nitrogens with zero attached hydrogens (tertiary/aromatic N) is 1. The molecule has 1 heterocycles. The van der Waals surface area contributed by atoms with Crippen LogP contribution in [0.25, 0.3) is 0 Å². The van der Waals surface area contributed by atoms with Crippen LogP contribution in [0.2, 0.25) is 0 Å². The number of hydrogen-bond acceptors (Lipinski definition) is 6. The normalized spacial score (nSPS) is 25.0. The second-order valence-corrected chi connectivity index (χ2v) is 9.89. The van der Waals surface area contributed by atoms with E-state index >= 15 is 0 Å². The molecule has 0 spiro atoms. The molecular weight excluding hydrogens is 539 g/mol. The van der Waals surface area contributed by atoms with Gasteiger partial charge in [0.15, 0.2) is 0 Å². The van der Waals surface area contributed by atoms with Crippen LogP contribution in [0, 0.1) is 9.49 Å². The molecule has 0 unspecified atom stereocenters. The molecule has 1 saturated heterocycles. The molecule has 182 valence electrons. The molecule has 1 aromatic rings. The molecule has 33 heavy (non-hydrogen) atoms. The monoisotopic (exact) mass is 572 g/mol. The lowest BCUT2D eigenvalue weighted by Crippen LogP contribution is -2.57. The number of halogens is 1. The zero-order chi connectivity index (χ0) is 24.0. The molecule has 0 aromatic heterocycles. The van der Waals surface area contributed by atoms with Crippen LogP contribution in [0.15, 0.2) is 35.9 Å². The Bertz CT molecular complexity index is 855. The predicted octanol–water partition coefficient (Wildman–Crippen LogP) is 1.87. The minimum absolute atomic E-state index is 0.0908. The number of amides is 2. The van der Waals surface area contributed by atoms with Gasteiger partial charge >= 0.3 is 0 Å². The number of hydrogen-bond donors (Lipinski definition) is 3. The fraction of sp³-hybridized carbons (Fsp3) is 0.583. The smallest absolute Gasteiger partial charge is 0.247 e. The fourth-order valence-corrected chi connectivity index (χ4v) is 4.71. The van der Waals surface area contributed by atoms with Crippen molar-refractivity contribution in [3.05, 3.63) is 39.5 Å². The van der Waals surface area contributed by atoms with Gasteiger partial charge in [0.05, 0.1) is 22.3 Å². The number of carbonyl (C=O) groups is 2. The van der Waals surface area contributed by atoms with Crippen molar-refractivity contribution in [2.24, 2.45) is 5.92 Å². The Morgan fingerprint density at radius 3 is 2.73 bits per heavy atom. The van der Waals surface area contributed by atoms with E-state index in [0.717, 1.165) is 16.4 Å². The Balaban J connectivity index is 1.92. The second-order valence-electron chi connectivity index (χ2n) is 8.73. The number of carbonyl (C=O) groups excluding carboxylic acids is 2. The van der Waals surface area contributed by atoms with Crippen molar-refractivity contribution in [1.29, 1.82) is 0 Å². The van der Waals surface area contributed by atoms with Crippen LogP contribution in [0.4, 0.5) is 0 Å².